The Labute approximate surface area is 104 Å². The minimum atomic E-state index is -0.823. The van der Waals surface area contributed by atoms with Crippen molar-refractivity contribution >= 4 is 11.7 Å². The van der Waals surface area contributed by atoms with Gasteiger partial charge in [0.2, 0.25) is 0 Å². The van der Waals surface area contributed by atoms with Gasteiger partial charge in [0.05, 0.1) is 4.92 Å². The highest BCUT2D eigenvalue weighted by atomic mass is 16.6. The molecule has 1 aromatic carbocycles. The van der Waals surface area contributed by atoms with E-state index >= 15 is 0 Å². The van der Waals surface area contributed by atoms with E-state index in [-0.39, 0.29) is 5.69 Å². The number of aliphatic carboxylic acids is 1. The Morgan fingerprint density at radius 2 is 2.00 bits per heavy atom. The number of non-ortho nitro benzene ring substituents is 1. The first kappa shape index (κ1) is 12.5. The van der Waals surface area contributed by atoms with Gasteiger partial charge in [-0.05, 0) is 24.8 Å². The summed E-state index contributed by atoms with van der Waals surface area (Å²) in [5.41, 5.74) is 0.0744. The van der Waals surface area contributed by atoms with Gasteiger partial charge in [-0.1, -0.05) is 12.1 Å². The lowest BCUT2D eigenvalue weighted by Gasteiger charge is -2.38. The van der Waals surface area contributed by atoms with E-state index < -0.39 is 16.4 Å². The largest absolute Gasteiger partial charge is 0.480 e. The van der Waals surface area contributed by atoms with E-state index in [1.807, 2.05) is 0 Å². The third-order valence-corrected chi connectivity index (χ3v) is 3.39. The first-order valence-electron chi connectivity index (χ1n) is 5.75. The molecule has 1 aromatic rings. The van der Waals surface area contributed by atoms with Crippen LogP contribution in [-0.4, -0.2) is 21.5 Å². The summed E-state index contributed by atoms with van der Waals surface area (Å²) in [6.45, 7) is 0.407. The van der Waals surface area contributed by atoms with Crippen molar-refractivity contribution in [2.75, 3.05) is 0 Å². The van der Waals surface area contributed by atoms with Gasteiger partial charge < -0.3 is 5.11 Å². The summed E-state index contributed by atoms with van der Waals surface area (Å²) >= 11 is 0. The number of carboxylic acid groups (broad SMARTS) is 1. The summed E-state index contributed by atoms with van der Waals surface area (Å²) in [6, 6.07) is 6.12. The van der Waals surface area contributed by atoms with E-state index in [0.717, 1.165) is 12.0 Å². The minimum Gasteiger partial charge on any atom is -0.480 e. The van der Waals surface area contributed by atoms with Gasteiger partial charge in [0.1, 0.15) is 5.54 Å². The number of nitrogens with zero attached hydrogens (tertiary/aromatic N) is 1. The average molecular weight is 250 g/mol. The molecule has 1 aliphatic rings. The summed E-state index contributed by atoms with van der Waals surface area (Å²) in [7, 11) is 0. The Balaban J connectivity index is 1.98. The van der Waals surface area contributed by atoms with Crippen molar-refractivity contribution in [2.24, 2.45) is 0 Å². The second-order valence-electron chi connectivity index (χ2n) is 4.52. The van der Waals surface area contributed by atoms with Crippen LogP contribution in [-0.2, 0) is 11.3 Å². The number of hydrogen-bond acceptors (Lipinski definition) is 4. The van der Waals surface area contributed by atoms with Gasteiger partial charge in [0.25, 0.3) is 5.69 Å². The van der Waals surface area contributed by atoms with Crippen LogP contribution in [0, 0.1) is 10.1 Å². The van der Waals surface area contributed by atoms with Crippen LogP contribution in [0.3, 0.4) is 0 Å². The van der Waals surface area contributed by atoms with Gasteiger partial charge in [-0.25, -0.2) is 0 Å². The minimum absolute atomic E-state index is 0.0374. The molecule has 1 fully saturated rings. The van der Waals surface area contributed by atoms with Gasteiger partial charge >= 0.3 is 5.97 Å². The average Bonchev–Trinajstić information content (AvgIpc) is 2.27. The van der Waals surface area contributed by atoms with Crippen LogP contribution >= 0.6 is 0 Å². The number of benzene rings is 1. The number of nitro groups is 1. The quantitative estimate of drug-likeness (QED) is 0.612. The topological polar surface area (TPSA) is 92.5 Å². The maximum atomic E-state index is 11.1. The van der Waals surface area contributed by atoms with Gasteiger partial charge in [-0.15, -0.1) is 0 Å². The fourth-order valence-electron chi connectivity index (χ4n) is 2.00. The lowest BCUT2D eigenvalue weighted by molar-refractivity contribution is -0.384. The number of nitrogens with one attached hydrogen (secondary N) is 1. The number of hydrogen-bond donors (Lipinski definition) is 2. The Morgan fingerprint density at radius 1 is 1.39 bits per heavy atom. The standard InChI is InChI=1S/C12H14N2O4/c15-11(16)12(6-1-7-12)13-8-9-2-4-10(5-3-9)14(17)18/h2-5,13H,1,6-8H2,(H,15,16). The first-order valence-corrected chi connectivity index (χ1v) is 5.75. The van der Waals surface area contributed by atoms with Gasteiger partial charge in [-0.3, -0.25) is 20.2 Å². The van der Waals surface area contributed by atoms with E-state index in [1.54, 1.807) is 12.1 Å². The molecule has 0 unspecified atom stereocenters. The zero-order valence-corrected chi connectivity index (χ0v) is 9.76. The molecule has 2 rings (SSSR count). The highest BCUT2D eigenvalue weighted by Crippen LogP contribution is 2.32. The van der Waals surface area contributed by atoms with Gasteiger partial charge in [0.15, 0.2) is 0 Å². The normalized spacial score (nSPS) is 16.9. The molecule has 0 saturated heterocycles. The molecule has 1 saturated carbocycles. The molecule has 6 heteroatoms. The SMILES string of the molecule is O=C(O)C1(NCc2ccc([N+](=O)[O-])cc2)CCC1. The van der Waals surface area contributed by atoms with Crippen LogP contribution in [0.2, 0.25) is 0 Å². The molecule has 1 aliphatic carbocycles. The Morgan fingerprint density at radius 3 is 2.39 bits per heavy atom. The van der Waals surface area contributed by atoms with Crippen LogP contribution in [0.15, 0.2) is 24.3 Å². The van der Waals surface area contributed by atoms with Crippen molar-refractivity contribution in [3.05, 3.63) is 39.9 Å². The summed E-state index contributed by atoms with van der Waals surface area (Å²) in [4.78, 5) is 21.1. The molecule has 0 radical (unpaired) electrons. The molecule has 0 atom stereocenters. The van der Waals surface area contributed by atoms with Crippen molar-refractivity contribution in [3.63, 3.8) is 0 Å². The highest BCUT2D eigenvalue weighted by Gasteiger charge is 2.43. The van der Waals surface area contributed by atoms with E-state index in [2.05, 4.69) is 5.32 Å². The first-order chi connectivity index (χ1) is 8.53. The van der Waals surface area contributed by atoms with Crippen molar-refractivity contribution in [3.8, 4) is 0 Å². The van der Waals surface area contributed by atoms with Crippen LogP contribution in [0.4, 0.5) is 5.69 Å². The smallest absolute Gasteiger partial charge is 0.323 e. The van der Waals surface area contributed by atoms with Gasteiger partial charge in [-0.2, -0.15) is 0 Å². The fraction of sp³-hybridized carbons (Fsp3) is 0.417. The molecule has 0 amide bonds. The number of nitro benzene ring substituents is 1. The maximum Gasteiger partial charge on any atom is 0.323 e. The van der Waals surface area contributed by atoms with E-state index in [1.165, 1.54) is 12.1 Å². The summed E-state index contributed by atoms with van der Waals surface area (Å²) in [5.74, 6) is -0.823. The van der Waals surface area contributed by atoms with E-state index in [4.69, 9.17) is 5.11 Å². The second kappa shape index (κ2) is 4.73. The third kappa shape index (κ3) is 2.33. The highest BCUT2D eigenvalue weighted by molar-refractivity contribution is 5.79. The monoisotopic (exact) mass is 250 g/mol. The summed E-state index contributed by atoms with van der Waals surface area (Å²) in [6.07, 6.45) is 2.18. The molecule has 0 aromatic heterocycles. The predicted molar refractivity (Wildman–Crippen MR) is 64.2 cm³/mol. The van der Waals surface area contributed by atoms with Crippen LogP contribution < -0.4 is 5.32 Å². The fourth-order valence-corrected chi connectivity index (χ4v) is 2.00. The molecular weight excluding hydrogens is 236 g/mol. The molecule has 96 valence electrons. The maximum absolute atomic E-state index is 11.1. The molecule has 0 heterocycles. The summed E-state index contributed by atoms with van der Waals surface area (Å²) < 4.78 is 0. The van der Waals surface area contributed by atoms with Crippen molar-refractivity contribution in [1.29, 1.82) is 0 Å². The molecule has 0 spiro atoms. The Kier molecular flexibility index (Phi) is 3.29. The summed E-state index contributed by atoms with van der Waals surface area (Å²) in [5, 5.41) is 22.6. The molecule has 18 heavy (non-hydrogen) atoms. The molecule has 0 bridgehead atoms. The Bertz CT molecular complexity index is 465. The van der Waals surface area contributed by atoms with E-state index in [9.17, 15) is 14.9 Å². The lowest BCUT2D eigenvalue weighted by atomic mass is 9.76. The number of carboxylic acids is 1. The van der Waals surface area contributed by atoms with Crippen molar-refractivity contribution < 1.29 is 14.8 Å². The van der Waals surface area contributed by atoms with Crippen molar-refractivity contribution in [2.45, 2.75) is 31.3 Å². The number of carbonyl (C=O) groups is 1. The zero-order valence-electron chi connectivity index (χ0n) is 9.76. The van der Waals surface area contributed by atoms with Crippen molar-refractivity contribution in [1.82, 2.24) is 5.32 Å². The van der Waals surface area contributed by atoms with Crippen LogP contribution in [0.5, 0.6) is 0 Å². The number of rotatable bonds is 5. The molecule has 6 nitrogen and oxygen atoms in total. The predicted octanol–water partition coefficient (Wildman–Crippen LogP) is 1.69. The molecule has 2 N–H and O–H groups in total. The van der Waals surface area contributed by atoms with Crippen LogP contribution in [0.1, 0.15) is 24.8 Å². The third-order valence-electron chi connectivity index (χ3n) is 3.39. The molecular formula is C12H14N2O4. The second-order valence-corrected chi connectivity index (χ2v) is 4.52. The van der Waals surface area contributed by atoms with E-state index in [0.29, 0.717) is 19.4 Å². The molecule has 0 aliphatic heterocycles. The Hall–Kier alpha value is -1.95. The zero-order chi connectivity index (χ0) is 13.2. The van der Waals surface area contributed by atoms with Crippen LogP contribution in [0.25, 0.3) is 0 Å². The van der Waals surface area contributed by atoms with Gasteiger partial charge in [0, 0.05) is 18.7 Å². The lowest BCUT2D eigenvalue weighted by Crippen LogP contribution is -2.56.